The highest BCUT2D eigenvalue weighted by Gasteiger charge is 2.21. The SMILES string of the molecule is CSc1cnccc1[C@H]1CCCCC(=O)C1. The van der Waals surface area contributed by atoms with Gasteiger partial charge >= 0.3 is 0 Å². The minimum absolute atomic E-state index is 0.417. The van der Waals surface area contributed by atoms with Gasteiger partial charge in [0.05, 0.1) is 0 Å². The molecule has 1 fully saturated rings. The predicted octanol–water partition coefficient (Wildman–Crippen LogP) is 3.42. The van der Waals surface area contributed by atoms with E-state index in [0.717, 1.165) is 25.7 Å². The van der Waals surface area contributed by atoms with Crippen LogP contribution in [0.15, 0.2) is 23.4 Å². The van der Waals surface area contributed by atoms with Crippen LogP contribution in [0.5, 0.6) is 0 Å². The average Bonchev–Trinajstić information content (AvgIpc) is 2.54. The van der Waals surface area contributed by atoms with Crippen LogP contribution < -0.4 is 0 Å². The summed E-state index contributed by atoms with van der Waals surface area (Å²) in [5.74, 6) is 0.840. The predicted molar refractivity (Wildman–Crippen MR) is 66.9 cm³/mol. The molecule has 86 valence electrons. The van der Waals surface area contributed by atoms with Crippen LogP contribution in [0.25, 0.3) is 0 Å². The number of rotatable bonds is 2. The van der Waals surface area contributed by atoms with E-state index in [0.29, 0.717) is 11.7 Å². The van der Waals surface area contributed by atoms with Gasteiger partial charge in [-0.3, -0.25) is 9.78 Å². The molecule has 0 bridgehead atoms. The van der Waals surface area contributed by atoms with Gasteiger partial charge in [0.1, 0.15) is 5.78 Å². The molecule has 0 N–H and O–H groups in total. The third-order valence-electron chi connectivity index (χ3n) is 3.21. The summed E-state index contributed by atoms with van der Waals surface area (Å²) < 4.78 is 0. The lowest BCUT2D eigenvalue weighted by atomic mass is 9.92. The fourth-order valence-corrected chi connectivity index (χ4v) is 2.99. The zero-order valence-electron chi connectivity index (χ0n) is 9.61. The number of Topliss-reactive ketones (excluding diaryl/α,β-unsaturated/α-hetero) is 1. The molecule has 0 amide bonds. The van der Waals surface area contributed by atoms with Gasteiger partial charge in [0, 0.05) is 30.1 Å². The van der Waals surface area contributed by atoms with Crippen molar-refractivity contribution in [2.45, 2.75) is 42.9 Å². The zero-order valence-corrected chi connectivity index (χ0v) is 10.4. The van der Waals surface area contributed by atoms with Gasteiger partial charge in [0.25, 0.3) is 0 Å². The third kappa shape index (κ3) is 2.64. The van der Waals surface area contributed by atoms with Crippen LogP contribution in [0.3, 0.4) is 0 Å². The van der Waals surface area contributed by atoms with E-state index >= 15 is 0 Å². The van der Waals surface area contributed by atoms with Gasteiger partial charge in [0.2, 0.25) is 0 Å². The fourth-order valence-electron chi connectivity index (χ4n) is 2.36. The third-order valence-corrected chi connectivity index (χ3v) is 3.99. The second-order valence-electron chi connectivity index (χ2n) is 4.30. The maximum Gasteiger partial charge on any atom is 0.133 e. The quantitative estimate of drug-likeness (QED) is 0.581. The van der Waals surface area contributed by atoms with Gasteiger partial charge in [-0.1, -0.05) is 6.42 Å². The second kappa shape index (κ2) is 5.48. The number of thioether (sulfide) groups is 1. The lowest BCUT2D eigenvalue weighted by Gasteiger charge is -2.16. The van der Waals surface area contributed by atoms with Crippen LogP contribution in [0.2, 0.25) is 0 Å². The summed E-state index contributed by atoms with van der Waals surface area (Å²) in [5, 5.41) is 0. The van der Waals surface area contributed by atoms with Gasteiger partial charge in [-0.15, -0.1) is 11.8 Å². The van der Waals surface area contributed by atoms with E-state index in [1.54, 1.807) is 11.8 Å². The highest BCUT2D eigenvalue weighted by atomic mass is 32.2. The Hall–Kier alpha value is -0.830. The number of carbonyl (C=O) groups excluding carboxylic acids is 1. The molecule has 1 atom stereocenters. The number of nitrogens with zero attached hydrogens (tertiary/aromatic N) is 1. The van der Waals surface area contributed by atoms with E-state index in [-0.39, 0.29) is 0 Å². The first-order chi connectivity index (χ1) is 7.81. The summed E-state index contributed by atoms with van der Waals surface area (Å²) in [6.45, 7) is 0. The van der Waals surface area contributed by atoms with E-state index in [2.05, 4.69) is 17.3 Å². The molecule has 1 heterocycles. The number of hydrogen-bond donors (Lipinski definition) is 0. The van der Waals surface area contributed by atoms with Gasteiger partial charge in [-0.2, -0.15) is 0 Å². The van der Waals surface area contributed by atoms with Crippen molar-refractivity contribution in [2.24, 2.45) is 0 Å². The molecule has 0 spiro atoms. The molecule has 1 saturated carbocycles. The molecule has 0 radical (unpaired) electrons. The second-order valence-corrected chi connectivity index (χ2v) is 5.15. The summed E-state index contributed by atoms with van der Waals surface area (Å²) in [7, 11) is 0. The van der Waals surface area contributed by atoms with E-state index in [1.165, 1.54) is 16.9 Å². The Morgan fingerprint density at radius 2 is 2.31 bits per heavy atom. The highest BCUT2D eigenvalue weighted by Crippen LogP contribution is 2.34. The fraction of sp³-hybridized carbons (Fsp3) is 0.538. The highest BCUT2D eigenvalue weighted by molar-refractivity contribution is 7.98. The van der Waals surface area contributed by atoms with E-state index in [9.17, 15) is 4.79 Å². The average molecular weight is 235 g/mol. The Morgan fingerprint density at radius 3 is 3.12 bits per heavy atom. The van der Waals surface area contributed by atoms with Gasteiger partial charge in [0.15, 0.2) is 0 Å². The molecule has 0 saturated heterocycles. The standard InChI is InChI=1S/C13H17NOS/c1-16-13-9-14-7-6-12(13)10-4-2-3-5-11(15)8-10/h6-7,9-10H,2-5,8H2,1H3/t10-/m0/s1. The molecular weight excluding hydrogens is 218 g/mol. The van der Waals surface area contributed by atoms with E-state index < -0.39 is 0 Å². The molecule has 2 rings (SSSR count). The largest absolute Gasteiger partial charge is 0.300 e. The van der Waals surface area contributed by atoms with Crippen molar-refractivity contribution in [2.75, 3.05) is 6.26 Å². The van der Waals surface area contributed by atoms with E-state index in [4.69, 9.17) is 0 Å². The Bertz CT molecular complexity index is 378. The number of carbonyl (C=O) groups is 1. The molecule has 2 nitrogen and oxygen atoms in total. The van der Waals surface area contributed by atoms with Crippen molar-refractivity contribution < 1.29 is 4.79 Å². The molecule has 1 aromatic heterocycles. The molecule has 1 aliphatic carbocycles. The maximum absolute atomic E-state index is 11.6. The molecule has 1 aliphatic rings. The zero-order chi connectivity index (χ0) is 11.4. The molecule has 1 aromatic rings. The Kier molecular flexibility index (Phi) is 3.99. The van der Waals surface area contributed by atoms with Crippen LogP contribution in [-0.2, 0) is 4.79 Å². The lowest BCUT2D eigenvalue weighted by molar-refractivity contribution is -0.119. The normalized spacial score (nSPS) is 21.8. The molecular formula is C13H17NOS. The smallest absolute Gasteiger partial charge is 0.133 e. The Morgan fingerprint density at radius 1 is 1.44 bits per heavy atom. The summed E-state index contributed by atoms with van der Waals surface area (Å²) in [6, 6.07) is 2.08. The van der Waals surface area contributed by atoms with Crippen molar-refractivity contribution in [1.29, 1.82) is 0 Å². The lowest BCUT2D eigenvalue weighted by Crippen LogP contribution is -2.05. The minimum atomic E-state index is 0.417. The van der Waals surface area contributed by atoms with Crippen LogP contribution >= 0.6 is 11.8 Å². The molecule has 3 heteroatoms. The van der Waals surface area contributed by atoms with Gasteiger partial charge < -0.3 is 0 Å². The molecule has 16 heavy (non-hydrogen) atoms. The number of aromatic nitrogens is 1. The first-order valence-corrected chi connectivity index (χ1v) is 7.03. The molecule has 0 aromatic carbocycles. The minimum Gasteiger partial charge on any atom is -0.300 e. The summed E-state index contributed by atoms with van der Waals surface area (Å²) in [5.41, 5.74) is 1.32. The monoisotopic (exact) mass is 235 g/mol. The first-order valence-electron chi connectivity index (χ1n) is 5.81. The van der Waals surface area contributed by atoms with Crippen LogP contribution in [0.1, 0.15) is 43.6 Å². The van der Waals surface area contributed by atoms with Crippen LogP contribution in [0.4, 0.5) is 0 Å². The van der Waals surface area contributed by atoms with Gasteiger partial charge in [-0.25, -0.2) is 0 Å². The van der Waals surface area contributed by atoms with Crippen LogP contribution in [0, 0.1) is 0 Å². The number of pyridine rings is 1. The first kappa shape index (κ1) is 11.6. The Balaban J connectivity index is 2.24. The van der Waals surface area contributed by atoms with Crippen molar-refractivity contribution in [3.8, 4) is 0 Å². The maximum atomic E-state index is 11.6. The van der Waals surface area contributed by atoms with Crippen LogP contribution in [-0.4, -0.2) is 17.0 Å². The summed E-state index contributed by atoms with van der Waals surface area (Å²) >= 11 is 1.72. The summed E-state index contributed by atoms with van der Waals surface area (Å²) in [4.78, 5) is 17.0. The van der Waals surface area contributed by atoms with Gasteiger partial charge in [-0.05, 0) is 36.6 Å². The molecule has 0 aliphatic heterocycles. The molecule has 0 unspecified atom stereocenters. The van der Waals surface area contributed by atoms with Crippen molar-refractivity contribution in [3.05, 3.63) is 24.0 Å². The van der Waals surface area contributed by atoms with Crippen molar-refractivity contribution >= 4 is 17.5 Å². The Labute approximate surface area is 101 Å². The van der Waals surface area contributed by atoms with Crippen molar-refractivity contribution in [3.63, 3.8) is 0 Å². The number of ketones is 1. The number of hydrogen-bond acceptors (Lipinski definition) is 3. The topological polar surface area (TPSA) is 30.0 Å². The van der Waals surface area contributed by atoms with Crippen molar-refractivity contribution in [1.82, 2.24) is 4.98 Å². The summed E-state index contributed by atoms with van der Waals surface area (Å²) in [6.07, 6.45) is 10.7. The van der Waals surface area contributed by atoms with E-state index in [1.807, 2.05) is 12.4 Å².